The van der Waals surface area contributed by atoms with E-state index in [1.54, 1.807) is 13.2 Å². The summed E-state index contributed by atoms with van der Waals surface area (Å²) in [5.41, 5.74) is 1.80. The highest BCUT2D eigenvalue weighted by Gasteiger charge is 2.07. The SMILES string of the molecule is CNCc1cc(F)ccc1OCc1ccc(OC)c(Br)c1. The van der Waals surface area contributed by atoms with Gasteiger partial charge in [-0.3, -0.25) is 0 Å². The summed E-state index contributed by atoms with van der Waals surface area (Å²) in [6, 6.07) is 10.3. The van der Waals surface area contributed by atoms with Crippen LogP contribution < -0.4 is 14.8 Å². The molecule has 0 fully saturated rings. The molecule has 0 unspecified atom stereocenters. The molecule has 0 aliphatic rings. The van der Waals surface area contributed by atoms with Crippen LogP contribution in [0.1, 0.15) is 11.1 Å². The quantitative estimate of drug-likeness (QED) is 0.854. The highest BCUT2D eigenvalue weighted by atomic mass is 79.9. The molecule has 2 aromatic carbocycles. The lowest BCUT2D eigenvalue weighted by atomic mass is 10.2. The zero-order valence-corrected chi connectivity index (χ0v) is 13.5. The van der Waals surface area contributed by atoms with Crippen LogP contribution in [0, 0.1) is 5.82 Å². The van der Waals surface area contributed by atoms with Crippen molar-refractivity contribution in [1.29, 1.82) is 0 Å². The molecule has 0 aromatic heterocycles. The molecular formula is C16H17BrFNO2. The van der Waals surface area contributed by atoms with Gasteiger partial charge in [0, 0.05) is 12.1 Å². The van der Waals surface area contributed by atoms with Crippen LogP contribution in [0.4, 0.5) is 4.39 Å². The Morgan fingerprint density at radius 1 is 1.14 bits per heavy atom. The van der Waals surface area contributed by atoms with E-state index in [4.69, 9.17) is 9.47 Å². The predicted molar refractivity (Wildman–Crippen MR) is 84.2 cm³/mol. The summed E-state index contributed by atoms with van der Waals surface area (Å²) < 4.78 is 25.1. The third-order valence-electron chi connectivity index (χ3n) is 3.00. The average molecular weight is 354 g/mol. The van der Waals surface area contributed by atoms with Gasteiger partial charge in [-0.15, -0.1) is 0 Å². The maximum absolute atomic E-state index is 13.3. The van der Waals surface area contributed by atoms with Gasteiger partial charge in [-0.1, -0.05) is 6.07 Å². The summed E-state index contributed by atoms with van der Waals surface area (Å²) in [7, 11) is 3.44. The molecule has 2 rings (SSSR count). The first-order valence-electron chi connectivity index (χ1n) is 6.52. The molecule has 2 aromatic rings. The maximum atomic E-state index is 13.3. The number of hydrogen-bond acceptors (Lipinski definition) is 3. The Morgan fingerprint density at radius 3 is 2.57 bits per heavy atom. The monoisotopic (exact) mass is 353 g/mol. The van der Waals surface area contributed by atoms with Crippen molar-refractivity contribution < 1.29 is 13.9 Å². The van der Waals surface area contributed by atoms with Gasteiger partial charge in [-0.05, 0) is 58.9 Å². The van der Waals surface area contributed by atoms with Crippen LogP contribution in [-0.4, -0.2) is 14.2 Å². The maximum Gasteiger partial charge on any atom is 0.133 e. The zero-order chi connectivity index (χ0) is 15.2. The number of benzene rings is 2. The van der Waals surface area contributed by atoms with Crippen molar-refractivity contribution in [2.75, 3.05) is 14.2 Å². The van der Waals surface area contributed by atoms with Crippen molar-refractivity contribution >= 4 is 15.9 Å². The number of halogens is 2. The molecule has 3 nitrogen and oxygen atoms in total. The second kappa shape index (κ2) is 7.43. The van der Waals surface area contributed by atoms with Crippen molar-refractivity contribution in [2.45, 2.75) is 13.2 Å². The Morgan fingerprint density at radius 2 is 1.90 bits per heavy atom. The van der Waals surface area contributed by atoms with E-state index >= 15 is 0 Å². The number of methoxy groups -OCH3 is 1. The highest BCUT2D eigenvalue weighted by molar-refractivity contribution is 9.10. The van der Waals surface area contributed by atoms with E-state index in [1.165, 1.54) is 12.1 Å². The molecule has 1 N–H and O–H groups in total. The summed E-state index contributed by atoms with van der Waals surface area (Å²) in [5, 5.41) is 3.00. The van der Waals surface area contributed by atoms with Gasteiger partial charge in [0.15, 0.2) is 0 Å². The average Bonchev–Trinajstić information content (AvgIpc) is 2.47. The van der Waals surface area contributed by atoms with Crippen molar-refractivity contribution in [3.05, 3.63) is 57.8 Å². The molecule has 0 heterocycles. The van der Waals surface area contributed by atoms with Crippen LogP contribution in [0.2, 0.25) is 0 Å². The first-order valence-corrected chi connectivity index (χ1v) is 7.31. The van der Waals surface area contributed by atoms with E-state index in [9.17, 15) is 4.39 Å². The number of rotatable bonds is 6. The molecule has 0 atom stereocenters. The van der Waals surface area contributed by atoms with Crippen molar-refractivity contribution in [3.8, 4) is 11.5 Å². The zero-order valence-electron chi connectivity index (χ0n) is 12.0. The first-order chi connectivity index (χ1) is 10.1. The molecule has 0 aliphatic heterocycles. The first kappa shape index (κ1) is 15.8. The Bertz CT molecular complexity index is 619. The van der Waals surface area contributed by atoms with Crippen LogP contribution in [0.15, 0.2) is 40.9 Å². The molecular weight excluding hydrogens is 337 g/mol. The van der Waals surface area contributed by atoms with Crippen molar-refractivity contribution in [3.63, 3.8) is 0 Å². The third kappa shape index (κ3) is 4.19. The van der Waals surface area contributed by atoms with Crippen molar-refractivity contribution in [2.24, 2.45) is 0 Å². The van der Waals surface area contributed by atoms with Crippen molar-refractivity contribution in [1.82, 2.24) is 5.32 Å². The summed E-state index contributed by atoms with van der Waals surface area (Å²) in [5.74, 6) is 1.19. The molecule has 0 saturated heterocycles. The smallest absolute Gasteiger partial charge is 0.133 e. The lowest BCUT2D eigenvalue weighted by Crippen LogP contribution is -2.08. The molecule has 21 heavy (non-hydrogen) atoms. The Balaban J connectivity index is 2.10. The van der Waals surface area contributed by atoms with Gasteiger partial charge < -0.3 is 14.8 Å². The van der Waals surface area contributed by atoms with Gasteiger partial charge in [0.05, 0.1) is 11.6 Å². The minimum absolute atomic E-state index is 0.264. The number of ether oxygens (including phenoxy) is 2. The summed E-state index contributed by atoms with van der Waals surface area (Å²) in [4.78, 5) is 0. The van der Waals surface area contributed by atoms with Gasteiger partial charge in [0.1, 0.15) is 23.9 Å². The van der Waals surface area contributed by atoms with E-state index < -0.39 is 0 Å². The van der Waals surface area contributed by atoms with Gasteiger partial charge in [0.2, 0.25) is 0 Å². The predicted octanol–water partition coefficient (Wildman–Crippen LogP) is 3.90. The van der Waals surface area contributed by atoms with Crippen LogP contribution in [-0.2, 0) is 13.2 Å². The fourth-order valence-corrected chi connectivity index (χ4v) is 2.57. The molecule has 112 valence electrons. The Kier molecular flexibility index (Phi) is 5.59. The normalized spacial score (nSPS) is 10.5. The molecule has 0 aliphatic carbocycles. The van der Waals surface area contributed by atoms with Gasteiger partial charge in [-0.2, -0.15) is 0 Å². The summed E-state index contributed by atoms with van der Waals surface area (Å²) >= 11 is 3.44. The molecule has 5 heteroatoms. The summed E-state index contributed by atoms with van der Waals surface area (Å²) in [6.45, 7) is 0.963. The van der Waals surface area contributed by atoms with Gasteiger partial charge >= 0.3 is 0 Å². The summed E-state index contributed by atoms with van der Waals surface area (Å²) in [6.07, 6.45) is 0. The van der Waals surface area contributed by atoms with Gasteiger partial charge in [-0.25, -0.2) is 4.39 Å². The Labute approximate surface area is 132 Å². The fraction of sp³-hybridized carbons (Fsp3) is 0.250. The van der Waals surface area contributed by atoms with Crippen LogP contribution >= 0.6 is 15.9 Å². The second-order valence-electron chi connectivity index (χ2n) is 4.54. The van der Waals surface area contributed by atoms with E-state index in [0.717, 1.165) is 21.3 Å². The fourth-order valence-electron chi connectivity index (χ4n) is 1.98. The molecule has 0 amide bonds. The topological polar surface area (TPSA) is 30.5 Å². The third-order valence-corrected chi connectivity index (χ3v) is 3.62. The van der Waals surface area contributed by atoms with E-state index in [2.05, 4.69) is 21.2 Å². The number of nitrogens with one attached hydrogen (secondary N) is 1. The molecule has 0 saturated carbocycles. The molecule has 0 spiro atoms. The van der Waals surface area contributed by atoms with Crippen LogP contribution in [0.5, 0.6) is 11.5 Å². The van der Waals surface area contributed by atoms with Crippen LogP contribution in [0.25, 0.3) is 0 Å². The second-order valence-corrected chi connectivity index (χ2v) is 5.39. The molecule has 0 bridgehead atoms. The standard InChI is InChI=1S/C16H17BrFNO2/c1-19-9-12-8-13(18)4-6-15(12)21-10-11-3-5-16(20-2)14(17)7-11/h3-8,19H,9-10H2,1-2H3. The largest absolute Gasteiger partial charge is 0.496 e. The lowest BCUT2D eigenvalue weighted by molar-refractivity contribution is 0.301. The van der Waals surface area contributed by atoms with E-state index in [-0.39, 0.29) is 5.82 Å². The highest BCUT2D eigenvalue weighted by Crippen LogP contribution is 2.27. The Hall–Kier alpha value is -1.59. The minimum atomic E-state index is -0.264. The number of hydrogen-bond donors (Lipinski definition) is 1. The van der Waals surface area contributed by atoms with Crippen LogP contribution in [0.3, 0.4) is 0 Å². The minimum Gasteiger partial charge on any atom is -0.496 e. The van der Waals surface area contributed by atoms with E-state index in [1.807, 2.05) is 25.2 Å². The van der Waals surface area contributed by atoms with Gasteiger partial charge in [0.25, 0.3) is 0 Å². The lowest BCUT2D eigenvalue weighted by Gasteiger charge is -2.12. The van der Waals surface area contributed by atoms with E-state index in [0.29, 0.717) is 18.9 Å². The molecule has 0 radical (unpaired) electrons.